The smallest absolute Gasteiger partial charge is 0.309 e. The van der Waals surface area contributed by atoms with Gasteiger partial charge >= 0.3 is 5.97 Å². The Morgan fingerprint density at radius 2 is 2.35 bits per heavy atom. The molecule has 0 aromatic carbocycles. The van der Waals surface area contributed by atoms with Crippen molar-refractivity contribution in [2.45, 2.75) is 25.9 Å². The van der Waals surface area contributed by atoms with Crippen LogP contribution in [0.25, 0.3) is 11.2 Å². The van der Waals surface area contributed by atoms with E-state index in [2.05, 4.69) is 30.9 Å². The highest BCUT2D eigenvalue weighted by atomic mass is 79.9. The molecule has 6 heteroatoms. The summed E-state index contributed by atoms with van der Waals surface area (Å²) >= 11 is 3.36. The molecule has 4 rings (SSSR count). The molecule has 5 nitrogen and oxygen atoms in total. The Balaban J connectivity index is 1.39. The molecule has 0 bridgehead atoms. The van der Waals surface area contributed by atoms with Crippen LogP contribution in [0.15, 0.2) is 16.7 Å². The third-order valence-corrected chi connectivity index (χ3v) is 4.51. The highest BCUT2D eigenvalue weighted by Crippen LogP contribution is 2.54. The lowest BCUT2D eigenvalue weighted by Crippen LogP contribution is -2.09. The van der Waals surface area contributed by atoms with Gasteiger partial charge < -0.3 is 9.72 Å². The van der Waals surface area contributed by atoms with Gasteiger partial charge in [0.15, 0.2) is 5.65 Å². The lowest BCUT2D eigenvalue weighted by atomic mass is 10.2. The molecular weight excluding hydrogens is 322 g/mol. The SMILES string of the molecule is O=C(OCc1nc2ncc(Br)cc2[nH]1)C1CC1C1CC1. The Morgan fingerprint density at radius 1 is 1.50 bits per heavy atom. The van der Waals surface area contributed by atoms with Crippen molar-refractivity contribution in [1.82, 2.24) is 15.0 Å². The van der Waals surface area contributed by atoms with Crippen LogP contribution in [0.1, 0.15) is 25.1 Å². The number of rotatable bonds is 4. The number of carbonyl (C=O) groups excluding carboxylic acids is 1. The average molecular weight is 336 g/mol. The monoisotopic (exact) mass is 335 g/mol. The molecule has 0 saturated heterocycles. The summed E-state index contributed by atoms with van der Waals surface area (Å²) in [6.45, 7) is 0.195. The maximum absolute atomic E-state index is 11.9. The maximum Gasteiger partial charge on any atom is 0.309 e. The first-order valence-electron chi connectivity index (χ1n) is 6.87. The van der Waals surface area contributed by atoms with E-state index in [1.165, 1.54) is 12.8 Å². The molecule has 2 fully saturated rings. The van der Waals surface area contributed by atoms with Crippen molar-refractivity contribution in [3.63, 3.8) is 0 Å². The molecule has 104 valence electrons. The lowest BCUT2D eigenvalue weighted by molar-refractivity contribution is -0.147. The molecule has 1 N–H and O–H groups in total. The Kier molecular flexibility index (Phi) is 2.80. The maximum atomic E-state index is 11.9. The molecule has 2 atom stereocenters. The molecule has 20 heavy (non-hydrogen) atoms. The van der Waals surface area contributed by atoms with E-state index in [4.69, 9.17) is 4.74 Å². The zero-order valence-corrected chi connectivity index (χ0v) is 12.4. The number of ether oxygens (including phenoxy) is 1. The first-order chi connectivity index (χ1) is 9.70. The molecule has 2 heterocycles. The second-order valence-electron chi connectivity index (χ2n) is 5.66. The molecule has 0 amide bonds. The van der Waals surface area contributed by atoms with Gasteiger partial charge in [0.2, 0.25) is 0 Å². The van der Waals surface area contributed by atoms with Gasteiger partial charge in [-0.05, 0) is 53.1 Å². The van der Waals surface area contributed by atoms with Crippen molar-refractivity contribution in [1.29, 1.82) is 0 Å². The predicted octanol–water partition coefficient (Wildman–Crippen LogP) is 2.81. The van der Waals surface area contributed by atoms with E-state index < -0.39 is 0 Å². The predicted molar refractivity (Wildman–Crippen MR) is 75.7 cm³/mol. The summed E-state index contributed by atoms with van der Waals surface area (Å²) in [5.41, 5.74) is 1.48. The van der Waals surface area contributed by atoms with E-state index >= 15 is 0 Å². The number of esters is 1. The number of nitrogens with one attached hydrogen (secondary N) is 1. The summed E-state index contributed by atoms with van der Waals surface area (Å²) < 4.78 is 6.24. The van der Waals surface area contributed by atoms with Gasteiger partial charge in [0, 0.05) is 10.7 Å². The number of imidazole rings is 1. The molecular formula is C14H14BrN3O2. The van der Waals surface area contributed by atoms with Crippen LogP contribution >= 0.6 is 15.9 Å². The highest BCUT2D eigenvalue weighted by Gasteiger charge is 2.52. The fourth-order valence-corrected chi connectivity index (χ4v) is 3.10. The van der Waals surface area contributed by atoms with Crippen LogP contribution in [-0.2, 0) is 16.1 Å². The minimum absolute atomic E-state index is 0.0727. The van der Waals surface area contributed by atoms with E-state index in [0.717, 1.165) is 22.3 Å². The average Bonchev–Trinajstić information content (AvgIpc) is 3.29. The number of hydrogen-bond acceptors (Lipinski definition) is 4. The largest absolute Gasteiger partial charge is 0.457 e. The van der Waals surface area contributed by atoms with Gasteiger partial charge in [0.25, 0.3) is 0 Å². The summed E-state index contributed by atoms with van der Waals surface area (Å²) in [6, 6.07) is 1.91. The number of H-pyrrole nitrogens is 1. The minimum Gasteiger partial charge on any atom is -0.457 e. The van der Waals surface area contributed by atoms with Gasteiger partial charge in [0.1, 0.15) is 12.4 Å². The van der Waals surface area contributed by atoms with E-state index in [9.17, 15) is 4.79 Å². The van der Waals surface area contributed by atoms with Gasteiger partial charge in [-0.25, -0.2) is 9.97 Å². The van der Waals surface area contributed by atoms with Crippen LogP contribution in [-0.4, -0.2) is 20.9 Å². The Bertz CT molecular complexity index is 680. The molecule has 2 aliphatic carbocycles. The van der Waals surface area contributed by atoms with Crippen LogP contribution in [0.5, 0.6) is 0 Å². The summed E-state index contributed by atoms with van der Waals surface area (Å²) in [4.78, 5) is 23.5. The second kappa shape index (κ2) is 4.55. The standard InChI is InChI=1S/C14H14BrN3O2/c15-8-3-11-13(16-5-8)18-12(17-11)6-20-14(19)10-4-9(10)7-1-2-7/h3,5,7,9-10H,1-2,4,6H2,(H,16,17,18). The van der Waals surface area contributed by atoms with Gasteiger partial charge in [-0.1, -0.05) is 0 Å². The van der Waals surface area contributed by atoms with Crippen LogP contribution in [0.4, 0.5) is 0 Å². The third-order valence-electron chi connectivity index (χ3n) is 4.07. The molecule has 2 unspecified atom stereocenters. The normalized spacial score (nSPS) is 24.9. The molecule has 0 spiro atoms. The Morgan fingerprint density at radius 3 is 3.15 bits per heavy atom. The van der Waals surface area contributed by atoms with Crippen LogP contribution < -0.4 is 0 Å². The number of fused-ring (bicyclic) bond motifs is 1. The molecule has 2 aromatic rings. The van der Waals surface area contributed by atoms with Crippen molar-refractivity contribution < 1.29 is 9.53 Å². The number of hydrogen-bond donors (Lipinski definition) is 1. The third kappa shape index (κ3) is 2.32. The van der Waals surface area contributed by atoms with Gasteiger partial charge in [-0.3, -0.25) is 4.79 Å². The van der Waals surface area contributed by atoms with Crippen molar-refractivity contribution in [3.05, 3.63) is 22.6 Å². The molecule has 2 saturated carbocycles. The number of carbonyl (C=O) groups is 1. The van der Waals surface area contributed by atoms with E-state index in [1.54, 1.807) is 6.20 Å². The fraction of sp³-hybridized carbons (Fsp3) is 0.500. The first-order valence-corrected chi connectivity index (χ1v) is 7.67. The summed E-state index contributed by atoms with van der Waals surface area (Å²) in [5, 5.41) is 0. The highest BCUT2D eigenvalue weighted by molar-refractivity contribution is 9.10. The fourth-order valence-electron chi connectivity index (χ4n) is 2.77. The lowest BCUT2D eigenvalue weighted by Gasteiger charge is -2.01. The van der Waals surface area contributed by atoms with Crippen molar-refractivity contribution in [3.8, 4) is 0 Å². The molecule has 2 aliphatic rings. The number of aromatic amines is 1. The minimum atomic E-state index is -0.0727. The van der Waals surface area contributed by atoms with Crippen molar-refractivity contribution in [2.24, 2.45) is 17.8 Å². The molecule has 0 aliphatic heterocycles. The van der Waals surface area contributed by atoms with Crippen molar-refractivity contribution >= 4 is 33.1 Å². The number of halogens is 1. The quantitative estimate of drug-likeness (QED) is 0.872. The van der Waals surface area contributed by atoms with Gasteiger partial charge in [-0.2, -0.15) is 0 Å². The van der Waals surface area contributed by atoms with Crippen LogP contribution in [0, 0.1) is 17.8 Å². The number of nitrogens with zero attached hydrogens (tertiary/aromatic N) is 2. The van der Waals surface area contributed by atoms with Gasteiger partial charge in [0.05, 0.1) is 11.4 Å². The second-order valence-corrected chi connectivity index (χ2v) is 6.58. The number of pyridine rings is 1. The van der Waals surface area contributed by atoms with Crippen LogP contribution in [0.3, 0.4) is 0 Å². The summed E-state index contributed by atoms with van der Waals surface area (Å²) in [5.74, 6) is 2.09. The van der Waals surface area contributed by atoms with Crippen molar-refractivity contribution in [2.75, 3.05) is 0 Å². The Labute approximate surface area is 124 Å². The van der Waals surface area contributed by atoms with E-state index in [1.807, 2.05) is 6.07 Å². The summed E-state index contributed by atoms with van der Waals surface area (Å²) in [7, 11) is 0. The number of aromatic nitrogens is 3. The Hall–Kier alpha value is -1.43. The van der Waals surface area contributed by atoms with E-state index in [-0.39, 0.29) is 18.5 Å². The van der Waals surface area contributed by atoms with Crippen LogP contribution in [0.2, 0.25) is 0 Å². The van der Waals surface area contributed by atoms with E-state index in [0.29, 0.717) is 17.4 Å². The van der Waals surface area contributed by atoms with Gasteiger partial charge in [-0.15, -0.1) is 0 Å². The summed E-state index contributed by atoms with van der Waals surface area (Å²) in [6.07, 6.45) is 5.29. The topological polar surface area (TPSA) is 67.9 Å². The zero-order chi connectivity index (χ0) is 13.7. The first kappa shape index (κ1) is 12.3. The molecule has 2 aromatic heterocycles. The molecule has 0 radical (unpaired) electrons. The zero-order valence-electron chi connectivity index (χ0n) is 10.8.